The Morgan fingerprint density at radius 2 is 2.19 bits per heavy atom. The summed E-state index contributed by atoms with van der Waals surface area (Å²) in [6.45, 7) is 1.47. The number of hydrogen-bond acceptors (Lipinski definition) is 4. The van der Waals surface area contributed by atoms with Crippen molar-refractivity contribution in [2.75, 3.05) is 5.32 Å². The average Bonchev–Trinajstić information content (AvgIpc) is 2.64. The molecule has 21 heavy (non-hydrogen) atoms. The zero-order valence-corrected chi connectivity index (χ0v) is 13.4. The van der Waals surface area contributed by atoms with Gasteiger partial charge in [-0.2, -0.15) is 0 Å². The van der Waals surface area contributed by atoms with E-state index in [-0.39, 0.29) is 23.6 Å². The lowest BCUT2D eigenvalue weighted by atomic mass is 10.2. The summed E-state index contributed by atoms with van der Waals surface area (Å²) < 4.78 is 27.2. The second-order valence-electron chi connectivity index (χ2n) is 4.78. The molecule has 3 N–H and O–H groups in total. The monoisotopic (exact) mass is 376 g/mol. The van der Waals surface area contributed by atoms with E-state index >= 15 is 0 Å². The first-order valence-electron chi connectivity index (χ1n) is 6.05. The quantitative estimate of drug-likeness (QED) is 0.711. The molecule has 0 saturated heterocycles. The smallest absolute Gasteiger partial charge is 0.304 e. The van der Waals surface area contributed by atoms with Crippen LogP contribution in [0.25, 0.3) is 0 Å². The Labute approximate surface area is 129 Å². The Balaban J connectivity index is 2.31. The van der Waals surface area contributed by atoms with Crippen LogP contribution < -0.4 is 10.0 Å². The lowest BCUT2D eigenvalue weighted by molar-refractivity contribution is -0.137. The van der Waals surface area contributed by atoms with Gasteiger partial charge in [-0.3, -0.25) is 9.59 Å². The van der Waals surface area contributed by atoms with Crippen LogP contribution in [0.15, 0.2) is 21.5 Å². The highest BCUT2D eigenvalue weighted by Crippen LogP contribution is 2.32. The predicted octanol–water partition coefficient (Wildman–Crippen LogP) is 1.09. The molecule has 1 atom stereocenters. The van der Waals surface area contributed by atoms with Crippen LogP contribution in [0.4, 0.5) is 5.69 Å². The standard InChI is InChI=1S/C12H13BrN2O5S/c1-6(2-12(17)18)15-21(19,20)10-3-7-4-11(16)14-9(7)5-8(10)13/h3,5-6,15H,2,4H2,1H3,(H,14,16)(H,17,18). The van der Waals surface area contributed by atoms with Crippen LogP contribution in [0.1, 0.15) is 18.9 Å². The zero-order valence-electron chi connectivity index (χ0n) is 11.0. The van der Waals surface area contributed by atoms with E-state index < -0.39 is 22.0 Å². The maximum atomic E-state index is 12.3. The summed E-state index contributed by atoms with van der Waals surface area (Å²) in [5.41, 5.74) is 1.17. The van der Waals surface area contributed by atoms with E-state index in [9.17, 15) is 18.0 Å². The predicted molar refractivity (Wildman–Crippen MR) is 78.5 cm³/mol. The summed E-state index contributed by atoms with van der Waals surface area (Å²) >= 11 is 3.16. The van der Waals surface area contributed by atoms with E-state index in [2.05, 4.69) is 26.0 Å². The van der Waals surface area contributed by atoms with Crippen molar-refractivity contribution in [2.45, 2.75) is 30.7 Å². The number of halogens is 1. The number of nitrogens with one attached hydrogen (secondary N) is 2. The minimum absolute atomic E-state index is 0.0185. The molecule has 0 fully saturated rings. The second-order valence-corrected chi connectivity index (χ2v) is 7.32. The normalized spacial score (nSPS) is 15.4. The maximum absolute atomic E-state index is 12.3. The third-order valence-electron chi connectivity index (χ3n) is 2.91. The number of carbonyl (C=O) groups excluding carboxylic acids is 1. The lowest BCUT2D eigenvalue weighted by Gasteiger charge is -2.14. The summed E-state index contributed by atoms with van der Waals surface area (Å²) in [5.74, 6) is -1.29. The maximum Gasteiger partial charge on any atom is 0.304 e. The molecule has 9 heteroatoms. The number of fused-ring (bicyclic) bond motifs is 1. The first kappa shape index (κ1) is 15.9. The number of carboxylic acid groups (broad SMARTS) is 1. The molecule has 0 bridgehead atoms. The van der Waals surface area contributed by atoms with Gasteiger partial charge in [0.05, 0.1) is 17.7 Å². The number of carboxylic acids is 1. The van der Waals surface area contributed by atoms with E-state index in [1.807, 2.05) is 0 Å². The summed E-state index contributed by atoms with van der Waals surface area (Å²) in [5, 5.41) is 11.3. The Morgan fingerprint density at radius 1 is 1.52 bits per heavy atom. The molecule has 1 amide bonds. The highest BCUT2D eigenvalue weighted by molar-refractivity contribution is 9.10. The van der Waals surface area contributed by atoms with Crippen molar-refractivity contribution in [3.63, 3.8) is 0 Å². The number of carbonyl (C=O) groups is 2. The highest BCUT2D eigenvalue weighted by atomic mass is 79.9. The fourth-order valence-electron chi connectivity index (χ4n) is 2.06. The fourth-order valence-corrected chi connectivity index (χ4v) is 4.40. The fraction of sp³-hybridized carbons (Fsp3) is 0.333. The molecule has 1 aliphatic heterocycles. The molecule has 114 valence electrons. The molecule has 0 radical (unpaired) electrons. The van der Waals surface area contributed by atoms with Crippen LogP contribution in [-0.2, 0) is 26.0 Å². The van der Waals surface area contributed by atoms with Crippen molar-refractivity contribution in [3.8, 4) is 0 Å². The third-order valence-corrected chi connectivity index (χ3v) is 5.46. The molecule has 1 aromatic rings. The number of hydrogen-bond donors (Lipinski definition) is 3. The van der Waals surface area contributed by atoms with Crippen molar-refractivity contribution in [1.82, 2.24) is 4.72 Å². The summed E-state index contributed by atoms with van der Waals surface area (Å²) in [6, 6.07) is 2.19. The van der Waals surface area contributed by atoms with Crippen molar-refractivity contribution in [2.24, 2.45) is 0 Å². The van der Waals surface area contributed by atoms with Gasteiger partial charge in [0.25, 0.3) is 0 Å². The molecule has 2 rings (SSSR count). The first-order valence-corrected chi connectivity index (χ1v) is 8.33. The molecule has 0 aliphatic carbocycles. The molecular formula is C12H13BrN2O5S. The van der Waals surface area contributed by atoms with E-state index in [0.717, 1.165) is 0 Å². The van der Waals surface area contributed by atoms with E-state index in [1.54, 1.807) is 0 Å². The van der Waals surface area contributed by atoms with Crippen LogP contribution in [-0.4, -0.2) is 31.4 Å². The highest BCUT2D eigenvalue weighted by Gasteiger charge is 2.26. The molecule has 0 saturated carbocycles. The molecule has 1 aliphatic rings. The van der Waals surface area contributed by atoms with Crippen LogP contribution in [0, 0.1) is 0 Å². The Bertz CT molecular complexity index is 717. The zero-order chi connectivity index (χ0) is 15.8. The summed E-state index contributed by atoms with van der Waals surface area (Å²) in [4.78, 5) is 21.9. The number of rotatable bonds is 5. The summed E-state index contributed by atoms with van der Waals surface area (Å²) in [7, 11) is -3.87. The van der Waals surface area contributed by atoms with Crippen LogP contribution in [0.5, 0.6) is 0 Å². The number of amides is 1. The summed E-state index contributed by atoms with van der Waals surface area (Å²) in [6.07, 6.45) is -0.197. The second kappa shape index (κ2) is 5.74. The molecule has 1 unspecified atom stereocenters. The Kier molecular flexibility index (Phi) is 4.35. The van der Waals surface area contributed by atoms with Crippen molar-refractivity contribution >= 4 is 43.5 Å². The largest absolute Gasteiger partial charge is 0.481 e. The van der Waals surface area contributed by atoms with E-state index in [4.69, 9.17) is 5.11 Å². The molecule has 1 aromatic carbocycles. The van der Waals surface area contributed by atoms with Gasteiger partial charge in [0.1, 0.15) is 0 Å². The van der Waals surface area contributed by atoms with Crippen molar-refractivity contribution < 1.29 is 23.1 Å². The van der Waals surface area contributed by atoms with E-state index in [0.29, 0.717) is 15.7 Å². The minimum Gasteiger partial charge on any atom is -0.481 e. The number of benzene rings is 1. The van der Waals surface area contributed by atoms with Gasteiger partial charge in [0, 0.05) is 16.2 Å². The third kappa shape index (κ3) is 3.60. The number of anilines is 1. The van der Waals surface area contributed by atoms with Gasteiger partial charge >= 0.3 is 5.97 Å². The molecular weight excluding hydrogens is 364 g/mol. The van der Waals surface area contributed by atoms with Gasteiger partial charge in [0.2, 0.25) is 15.9 Å². The van der Waals surface area contributed by atoms with Crippen molar-refractivity contribution in [1.29, 1.82) is 0 Å². The Hall–Kier alpha value is -1.45. The van der Waals surface area contributed by atoms with Gasteiger partial charge in [0.15, 0.2) is 0 Å². The van der Waals surface area contributed by atoms with Gasteiger partial charge < -0.3 is 10.4 Å². The van der Waals surface area contributed by atoms with Gasteiger partial charge in [-0.15, -0.1) is 0 Å². The molecule has 7 nitrogen and oxygen atoms in total. The number of aliphatic carboxylic acids is 1. The Morgan fingerprint density at radius 3 is 2.81 bits per heavy atom. The first-order chi connectivity index (χ1) is 9.69. The number of sulfonamides is 1. The average molecular weight is 377 g/mol. The minimum atomic E-state index is -3.87. The van der Waals surface area contributed by atoms with Gasteiger partial charge in [-0.25, -0.2) is 13.1 Å². The van der Waals surface area contributed by atoms with Crippen LogP contribution >= 0.6 is 15.9 Å². The topological polar surface area (TPSA) is 113 Å². The van der Waals surface area contributed by atoms with E-state index in [1.165, 1.54) is 19.1 Å². The lowest BCUT2D eigenvalue weighted by Crippen LogP contribution is -2.34. The van der Waals surface area contributed by atoms with Crippen LogP contribution in [0.3, 0.4) is 0 Å². The molecule has 1 heterocycles. The van der Waals surface area contributed by atoms with Crippen molar-refractivity contribution in [3.05, 3.63) is 22.2 Å². The van der Waals surface area contributed by atoms with Crippen LogP contribution in [0.2, 0.25) is 0 Å². The van der Waals surface area contributed by atoms with Gasteiger partial charge in [-0.05, 0) is 40.5 Å². The SMILES string of the molecule is CC(CC(=O)O)NS(=O)(=O)c1cc2c(cc1Br)NC(=O)C2. The molecule has 0 spiro atoms. The van der Waals surface area contributed by atoms with Gasteiger partial charge in [-0.1, -0.05) is 0 Å². The molecule has 0 aromatic heterocycles.